The molecule has 1 heterocycles. The number of nitrogens with zero attached hydrogens (tertiary/aromatic N) is 1. The molecule has 0 saturated carbocycles. The molecular weight excluding hydrogens is 325 g/mol. The van der Waals surface area contributed by atoms with E-state index < -0.39 is 17.9 Å². The summed E-state index contributed by atoms with van der Waals surface area (Å²) in [5.74, 6) is 0. The number of benzene rings is 1. The summed E-state index contributed by atoms with van der Waals surface area (Å²) in [6.45, 7) is 3.67. The van der Waals surface area contributed by atoms with E-state index in [9.17, 15) is 19.5 Å². The van der Waals surface area contributed by atoms with E-state index in [4.69, 9.17) is 13.5 Å². The molecule has 0 aliphatic rings. The van der Waals surface area contributed by atoms with Crippen molar-refractivity contribution in [2.45, 2.75) is 20.0 Å². The lowest BCUT2D eigenvalue weighted by molar-refractivity contribution is -0.384. The highest BCUT2D eigenvalue weighted by molar-refractivity contribution is 7.53. The van der Waals surface area contributed by atoms with Crippen LogP contribution in [-0.2, 0) is 19.8 Å². The average molecular weight is 341 g/mol. The van der Waals surface area contributed by atoms with Gasteiger partial charge in [-0.25, -0.2) is 0 Å². The second kappa shape index (κ2) is 7.04. The predicted molar refractivity (Wildman–Crippen MR) is 83.7 cm³/mol. The monoisotopic (exact) mass is 341 g/mol. The van der Waals surface area contributed by atoms with Crippen molar-refractivity contribution in [2.24, 2.45) is 0 Å². The van der Waals surface area contributed by atoms with E-state index >= 15 is 0 Å². The Morgan fingerprint density at radius 1 is 1.26 bits per heavy atom. The molecule has 23 heavy (non-hydrogen) atoms. The molecule has 9 heteroatoms. The van der Waals surface area contributed by atoms with Crippen molar-refractivity contribution in [1.29, 1.82) is 0 Å². The Morgan fingerprint density at radius 3 is 2.48 bits per heavy atom. The van der Waals surface area contributed by atoms with Gasteiger partial charge in [0.1, 0.15) is 5.58 Å². The van der Waals surface area contributed by atoms with Crippen molar-refractivity contribution in [2.75, 3.05) is 13.2 Å². The summed E-state index contributed by atoms with van der Waals surface area (Å²) in [6.07, 6.45) is 0.927. The Kier molecular flexibility index (Phi) is 5.30. The lowest BCUT2D eigenvalue weighted by atomic mass is 10.1. The molecule has 0 spiro atoms. The summed E-state index contributed by atoms with van der Waals surface area (Å²) in [5.41, 5.74) is -0.412. The second-order valence-electron chi connectivity index (χ2n) is 4.63. The minimum Gasteiger partial charge on any atom is -0.464 e. The number of fused-ring (bicyclic) bond motifs is 1. The normalized spacial score (nSPS) is 11.7. The first-order valence-corrected chi connectivity index (χ1v) is 8.70. The number of hydrogen-bond acceptors (Lipinski definition) is 7. The number of nitro benzene ring substituents is 1. The van der Waals surface area contributed by atoms with Crippen LogP contribution >= 0.6 is 7.60 Å². The Morgan fingerprint density at radius 2 is 1.91 bits per heavy atom. The molecule has 0 atom stereocenters. The minimum atomic E-state index is -3.47. The summed E-state index contributed by atoms with van der Waals surface area (Å²) >= 11 is 0. The zero-order valence-electron chi connectivity index (χ0n) is 12.7. The van der Waals surface area contributed by atoms with E-state index in [1.54, 1.807) is 13.8 Å². The number of nitro groups is 1. The molecule has 2 rings (SSSR count). The van der Waals surface area contributed by atoms with E-state index in [2.05, 4.69) is 0 Å². The van der Waals surface area contributed by atoms with Crippen LogP contribution < -0.4 is 5.43 Å². The van der Waals surface area contributed by atoms with Crippen molar-refractivity contribution in [3.8, 4) is 0 Å². The fourth-order valence-electron chi connectivity index (χ4n) is 2.11. The quantitative estimate of drug-likeness (QED) is 0.431. The maximum atomic E-state index is 12.5. The SMILES string of the molecule is CCOP(=O)(Cc1coc2ccc([N+](=O)[O-])cc2c1=O)OCC. The molecule has 8 nitrogen and oxygen atoms in total. The maximum absolute atomic E-state index is 12.5. The Balaban J connectivity index is 2.49. The lowest BCUT2D eigenvalue weighted by Crippen LogP contribution is -2.11. The van der Waals surface area contributed by atoms with Gasteiger partial charge in [0.25, 0.3) is 5.69 Å². The third kappa shape index (κ3) is 3.85. The van der Waals surface area contributed by atoms with Crippen LogP contribution in [0.3, 0.4) is 0 Å². The van der Waals surface area contributed by atoms with Crippen LogP contribution in [0.15, 0.2) is 33.7 Å². The van der Waals surface area contributed by atoms with Crippen molar-refractivity contribution < 1.29 is 23.0 Å². The van der Waals surface area contributed by atoms with Crippen LogP contribution in [-0.4, -0.2) is 18.1 Å². The van der Waals surface area contributed by atoms with Gasteiger partial charge < -0.3 is 13.5 Å². The molecule has 0 N–H and O–H groups in total. The zero-order valence-corrected chi connectivity index (χ0v) is 13.6. The molecule has 0 aliphatic heterocycles. The molecule has 1 aromatic heterocycles. The zero-order chi connectivity index (χ0) is 17.0. The van der Waals surface area contributed by atoms with Gasteiger partial charge in [-0.1, -0.05) is 0 Å². The van der Waals surface area contributed by atoms with Crippen LogP contribution in [0.2, 0.25) is 0 Å². The third-order valence-corrected chi connectivity index (χ3v) is 5.09. The van der Waals surface area contributed by atoms with Gasteiger partial charge in [-0.15, -0.1) is 0 Å². The van der Waals surface area contributed by atoms with Crippen LogP contribution in [0.5, 0.6) is 0 Å². The van der Waals surface area contributed by atoms with E-state index in [1.165, 1.54) is 18.4 Å². The van der Waals surface area contributed by atoms with E-state index in [0.717, 1.165) is 6.07 Å². The molecular formula is C14H16NO7P. The highest BCUT2D eigenvalue weighted by atomic mass is 31.2. The van der Waals surface area contributed by atoms with Gasteiger partial charge in [-0.05, 0) is 19.9 Å². The van der Waals surface area contributed by atoms with Crippen LogP contribution in [0, 0.1) is 10.1 Å². The van der Waals surface area contributed by atoms with Gasteiger partial charge in [-0.3, -0.25) is 19.5 Å². The van der Waals surface area contributed by atoms with Crippen molar-refractivity contribution in [3.63, 3.8) is 0 Å². The van der Waals surface area contributed by atoms with Crippen molar-refractivity contribution in [1.82, 2.24) is 0 Å². The predicted octanol–water partition coefficient (Wildman–Crippen LogP) is 3.47. The van der Waals surface area contributed by atoms with Crippen LogP contribution in [0.4, 0.5) is 5.69 Å². The highest BCUT2D eigenvalue weighted by Crippen LogP contribution is 2.50. The molecule has 0 aliphatic carbocycles. The summed E-state index contributed by atoms with van der Waals surface area (Å²) in [6, 6.07) is 3.73. The fourth-order valence-corrected chi connectivity index (χ4v) is 3.79. The van der Waals surface area contributed by atoms with Gasteiger partial charge in [0, 0.05) is 17.7 Å². The van der Waals surface area contributed by atoms with Gasteiger partial charge in [0.2, 0.25) is 0 Å². The minimum absolute atomic E-state index is 0.0521. The fraction of sp³-hybridized carbons (Fsp3) is 0.357. The molecule has 124 valence electrons. The largest absolute Gasteiger partial charge is 0.464 e. The first kappa shape index (κ1) is 17.3. The molecule has 1 aromatic carbocycles. The number of rotatable bonds is 7. The number of non-ortho nitro benzene ring substituents is 1. The third-order valence-electron chi connectivity index (χ3n) is 3.05. The smallest absolute Gasteiger partial charge is 0.335 e. The van der Waals surface area contributed by atoms with Crippen LogP contribution in [0.1, 0.15) is 19.4 Å². The second-order valence-corrected chi connectivity index (χ2v) is 6.69. The lowest BCUT2D eigenvalue weighted by Gasteiger charge is -2.16. The summed E-state index contributed by atoms with van der Waals surface area (Å²) in [7, 11) is -3.47. The van der Waals surface area contributed by atoms with Gasteiger partial charge in [-0.2, -0.15) is 0 Å². The summed E-state index contributed by atoms with van der Waals surface area (Å²) in [5, 5.41) is 10.9. The molecule has 2 aromatic rings. The molecule has 0 radical (unpaired) electrons. The Bertz CT molecular complexity index is 819. The van der Waals surface area contributed by atoms with Gasteiger partial charge in [0.15, 0.2) is 5.43 Å². The van der Waals surface area contributed by atoms with E-state index in [0.29, 0.717) is 0 Å². The molecule has 0 bridgehead atoms. The standard InChI is InChI=1S/C14H16NO7P/c1-3-21-23(19,22-4-2)9-10-8-20-13-6-5-11(15(17)18)7-12(13)14(10)16/h5-8H,3-4,9H2,1-2H3. The van der Waals surface area contributed by atoms with Crippen molar-refractivity contribution in [3.05, 3.63) is 50.4 Å². The molecule has 0 saturated heterocycles. The van der Waals surface area contributed by atoms with E-state index in [1.807, 2.05) is 0 Å². The molecule has 0 amide bonds. The maximum Gasteiger partial charge on any atom is 0.335 e. The molecule has 0 unspecified atom stereocenters. The van der Waals surface area contributed by atoms with Crippen molar-refractivity contribution >= 4 is 24.3 Å². The average Bonchev–Trinajstić information content (AvgIpc) is 2.50. The highest BCUT2D eigenvalue weighted by Gasteiger charge is 2.26. The first-order chi connectivity index (χ1) is 10.9. The first-order valence-electron chi connectivity index (χ1n) is 6.97. The number of hydrogen-bond donors (Lipinski definition) is 0. The van der Waals surface area contributed by atoms with E-state index in [-0.39, 0.29) is 41.6 Å². The van der Waals surface area contributed by atoms with Gasteiger partial charge in [0.05, 0.1) is 35.9 Å². The Labute approximate surface area is 131 Å². The molecule has 0 fully saturated rings. The Hall–Kier alpha value is -2.02. The topological polar surface area (TPSA) is 109 Å². The van der Waals surface area contributed by atoms with Crippen LogP contribution in [0.25, 0.3) is 11.0 Å². The summed E-state index contributed by atoms with van der Waals surface area (Å²) < 4.78 is 28.1. The summed E-state index contributed by atoms with van der Waals surface area (Å²) in [4.78, 5) is 22.7. The van der Waals surface area contributed by atoms with Gasteiger partial charge >= 0.3 is 7.60 Å².